The minimum atomic E-state index is -4.29. The minimum Gasteiger partial charge on any atom is -0.360 e. The van der Waals surface area contributed by atoms with Crippen molar-refractivity contribution < 1.29 is 13.2 Å². The van der Waals surface area contributed by atoms with E-state index in [0.29, 0.717) is 16.3 Å². The first-order valence-corrected chi connectivity index (χ1v) is 5.84. The molecule has 0 spiro atoms. The van der Waals surface area contributed by atoms with Crippen molar-refractivity contribution in [2.75, 3.05) is 0 Å². The van der Waals surface area contributed by atoms with Crippen LogP contribution in [0.2, 0.25) is 5.02 Å². The Hall–Kier alpha value is -1.07. The van der Waals surface area contributed by atoms with Gasteiger partial charge in [-0.1, -0.05) is 23.7 Å². The van der Waals surface area contributed by atoms with E-state index in [-0.39, 0.29) is 16.7 Å². The number of alkyl halides is 3. The van der Waals surface area contributed by atoms with E-state index in [2.05, 4.69) is 4.98 Å². The van der Waals surface area contributed by atoms with Gasteiger partial charge in [0, 0.05) is 16.1 Å². The van der Waals surface area contributed by atoms with Crippen molar-refractivity contribution in [1.82, 2.24) is 4.98 Å². The van der Waals surface area contributed by atoms with Gasteiger partial charge in [-0.15, -0.1) is 0 Å². The fourth-order valence-electron chi connectivity index (χ4n) is 1.41. The standard InChI is InChI=1S/C11H7ClF3NS/c12-8-3-1-7(2-4-8)10-9(5-6-16-10)17-11(13,14)15/h1-6,16H. The molecule has 0 aliphatic carbocycles. The third kappa shape index (κ3) is 3.20. The van der Waals surface area contributed by atoms with Gasteiger partial charge < -0.3 is 4.98 Å². The molecule has 90 valence electrons. The van der Waals surface area contributed by atoms with E-state index in [4.69, 9.17) is 11.6 Å². The van der Waals surface area contributed by atoms with Crippen molar-refractivity contribution in [2.45, 2.75) is 10.4 Å². The van der Waals surface area contributed by atoms with E-state index in [1.54, 1.807) is 24.3 Å². The zero-order valence-corrected chi connectivity index (χ0v) is 9.96. The summed E-state index contributed by atoms with van der Waals surface area (Å²) in [4.78, 5) is 2.95. The minimum absolute atomic E-state index is 0.131. The Balaban J connectivity index is 2.33. The van der Waals surface area contributed by atoms with Crippen molar-refractivity contribution in [3.05, 3.63) is 41.6 Å². The zero-order valence-electron chi connectivity index (χ0n) is 8.38. The van der Waals surface area contributed by atoms with Gasteiger partial charge in [0.25, 0.3) is 0 Å². The summed E-state index contributed by atoms with van der Waals surface area (Å²) < 4.78 is 36.9. The van der Waals surface area contributed by atoms with Crippen LogP contribution >= 0.6 is 23.4 Å². The Kier molecular flexibility index (Phi) is 3.40. The molecule has 0 bridgehead atoms. The summed E-state index contributed by atoms with van der Waals surface area (Å²) in [7, 11) is 0. The number of rotatable bonds is 2. The quantitative estimate of drug-likeness (QED) is 0.768. The van der Waals surface area contributed by atoms with Gasteiger partial charge in [0.15, 0.2) is 0 Å². The number of thioether (sulfide) groups is 1. The lowest BCUT2D eigenvalue weighted by Gasteiger charge is -2.07. The smallest absolute Gasteiger partial charge is 0.360 e. The number of nitrogens with one attached hydrogen (secondary N) is 1. The second-order valence-electron chi connectivity index (χ2n) is 3.27. The molecule has 1 N–H and O–H groups in total. The lowest BCUT2D eigenvalue weighted by atomic mass is 10.2. The lowest BCUT2D eigenvalue weighted by molar-refractivity contribution is -0.0327. The number of benzene rings is 1. The van der Waals surface area contributed by atoms with E-state index in [0.717, 1.165) is 0 Å². The summed E-state index contributed by atoms with van der Waals surface area (Å²) in [5.74, 6) is 0. The van der Waals surface area contributed by atoms with Gasteiger partial charge in [-0.25, -0.2) is 0 Å². The van der Waals surface area contributed by atoms with Crippen LogP contribution in [0.25, 0.3) is 11.3 Å². The molecule has 0 saturated carbocycles. The second-order valence-corrected chi connectivity index (χ2v) is 4.81. The highest BCUT2D eigenvalue weighted by Crippen LogP contribution is 2.41. The van der Waals surface area contributed by atoms with E-state index >= 15 is 0 Å². The van der Waals surface area contributed by atoms with Crippen molar-refractivity contribution in [3.8, 4) is 11.3 Å². The average molecular weight is 278 g/mol. The van der Waals surface area contributed by atoms with Crippen LogP contribution in [0.5, 0.6) is 0 Å². The molecular weight excluding hydrogens is 271 g/mol. The van der Waals surface area contributed by atoms with E-state index < -0.39 is 5.51 Å². The molecule has 2 aromatic rings. The predicted octanol–water partition coefficient (Wildman–Crippen LogP) is 4.95. The number of aromatic nitrogens is 1. The molecule has 0 fully saturated rings. The molecule has 1 aromatic carbocycles. The molecule has 1 nitrogen and oxygen atoms in total. The van der Waals surface area contributed by atoms with Crippen LogP contribution in [0.3, 0.4) is 0 Å². The fraction of sp³-hybridized carbons (Fsp3) is 0.0909. The molecule has 0 atom stereocenters. The van der Waals surface area contributed by atoms with E-state index in [9.17, 15) is 13.2 Å². The third-order valence-corrected chi connectivity index (χ3v) is 3.11. The van der Waals surface area contributed by atoms with Crippen molar-refractivity contribution >= 4 is 23.4 Å². The van der Waals surface area contributed by atoms with Gasteiger partial charge in [-0.05, 0) is 35.5 Å². The fourth-order valence-corrected chi connectivity index (χ4v) is 2.20. The molecule has 6 heteroatoms. The molecule has 0 aliphatic heterocycles. The summed E-state index contributed by atoms with van der Waals surface area (Å²) in [6.07, 6.45) is 1.48. The van der Waals surface area contributed by atoms with Crippen LogP contribution < -0.4 is 0 Å². The molecule has 1 aromatic heterocycles. The van der Waals surface area contributed by atoms with Crippen LogP contribution in [0, 0.1) is 0 Å². The summed E-state index contributed by atoms with van der Waals surface area (Å²) in [5, 5.41) is 0.547. The van der Waals surface area contributed by atoms with Gasteiger partial charge in [0.05, 0.1) is 5.69 Å². The zero-order chi connectivity index (χ0) is 12.5. The van der Waals surface area contributed by atoms with Crippen LogP contribution in [0.15, 0.2) is 41.4 Å². The monoisotopic (exact) mass is 277 g/mol. The molecule has 2 rings (SSSR count). The van der Waals surface area contributed by atoms with E-state index in [1.165, 1.54) is 12.3 Å². The van der Waals surface area contributed by atoms with Gasteiger partial charge in [0.1, 0.15) is 0 Å². The topological polar surface area (TPSA) is 15.8 Å². The number of aromatic amines is 1. The molecular formula is C11H7ClF3NS. The first kappa shape index (κ1) is 12.4. The van der Waals surface area contributed by atoms with Gasteiger partial charge in [0.2, 0.25) is 0 Å². The van der Waals surface area contributed by atoms with Crippen molar-refractivity contribution in [2.24, 2.45) is 0 Å². The molecule has 0 amide bonds. The van der Waals surface area contributed by atoms with Crippen molar-refractivity contribution in [1.29, 1.82) is 0 Å². The maximum absolute atomic E-state index is 12.3. The third-order valence-electron chi connectivity index (χ3n) is 2.07. The lowest BCUT2D eigenvalue weighted by Crippen LogP contribution is -1.99. The maximum atomic E-state index is 12.3. The Morgan fingerprint density at radius 2 is 1.71 bits per heavy atom. The van der Waals surface area contributed by atoms with Gasteiger partial charge in [-0.3, -0.25) is 0 Å². The van der Waals surface area contributed by atoms with Crippen LogP contribution in [-0.2, 0) is 0 Å². The first-order valence-electron chi connectivity index (χ1n) is 4.65. The van der Waals surface area contributed by atoms with E-state index in [1.807, 2.05) is 0 Å². The van der Waals surface area contributed by atoms with Gasteiger partial charge >= 0.3 is 5.51 Å². The SMILES string of the molecule is FC(F)(F)Sc1cc[nH]c1-c1ccc(Cl)cc1. The molecule has 0 radical (unpaired) electrons. The highest BCUT2D eigenvalue weighted by atomic mass is 35.5. The summed E-state index contributed by atoms with van der Waals surface area (Å²) in [6, 6.07) is 8.03. The summed E-state index contributed by atoms with van der Waals surface area (Å²) in [6.45, 7) is 0. The summed E-state index contributed by atoms with van der Waals surface area (Å²) in [5.41, 5.74) is -3.17. The summed E-state index contributed by atoms with van der Waals surface area (Å²) >= 11 is 5.59. The number of hydrogen-bond acceptors (Lipinski definition) is 1. The Morgan fingerprint density at radius 3 is 2.29 bits per heavy atom. The van der Waals surface area contributed by atoms with Crippen LogP contribution in [-0.4, -0.2) is 10.5 Å². The highest BCUT2D eigenvalue weighted by molar-refractivity contribution is 8.00. The highest BCUT2D eigenvalue weighted by Gasteiger charge is 2.30. The molecule has 0 aliphatic rings. The Bertz CT molecular complexity index is 504. The number of halogens is 4. The second kappa shape index (κ2) is 4.66. The Morgan fingerprint density at radius 1 is 1.06 bits per heavy atom. The largest absolute Gasteiger partial charge is 0.446 e. The number of H-pyrrole nitrogens is 1. The Labute approximate surface area is 105 Å². The molecule has 0 saturated heterocycles. The van der Waals surface area contributed by atoms with Crippen LogP contribution in [0.1, 0.15) is 0 Å². The number of hydrogen-bond donors (Lipinski definition) is 1. The normalized spacial score (nSPS) is 11.8. The van der Waals surface area contributed by atoms with Crippen LogP contribution in [0.4, 0.5) is 13.2 Å². The predicted molar refractivity (Wildman–Crippen MR) is 63.2 cm³/mol. The first-order chi connectivity index (χ1) is 7.96. The average Bonchev–Trinajstić information content (AvgIpc) is 2.64. The molecule has 0 unspecified atom stereocenters. The molecule has 1 heterocycles. The van der Waals surface area contributed by atoms with Gasteiger partial charge in [-0.2, -0.15) is 13.2 Å². The molecule has 17 heavy (non-hydrogen) atoms. The van der Waals surface area contributed by atoms with Crippen molar-refractivity contribution in [3.63, 3.8) is 0 Å². The maximum Gasteiger partial charge on any atom is 0.446 e.